The first-order chi connectivity index (χ1) is 8.49. The minimum absolute atomic E-state index is 0.0908. The number of rotatable bonds is 2. The van der Waals surface area contributed by atoms with E-state index in [0.29, 0.717) is 6.04 Å². The van der Waals surface area contributed by atoms with Crippen LogP contribution in [0.3, 0.4) is 0 Å². The highest BCUT2D eigenvalue weighted by molar-refractivity contribution is 9.10. The average molecular weight is 311 g/mol. The lowest BCUT2D eigenvalue weighted by Crippen LogP contribution is -2.41. The summed E-state index contributed by atoms with van der Waals surface area (Å²) in [4.78, 5) is 2.52. The van der Waals surface area contributed by atoms with Crippen molar-refractivity contribution in [2.24, 2.45) is 11.7 Å². The van der Waals surface area contributed by atoms with Gasteiger partial charge in [-0.25, -0.2) is 0 Å². The second-order valence-corrected chi connectivity index (χ2v) is 6.54. The zero-order valence-electron chi connectivity index (χ0n) is 11.5. The van der Waals surface area contributed by atoms with Gasteiger partial charge in [-0.1, -0.05) is 13.0 Å². The first kappa shape index (κ1) is 13.9. The molecule has 0 spiro atoms. The molecule has 3 unspecified atom stereocenters. The second-order valence-electron chi connectivity index (χ2n) is 5.68. The average Bonchev–Trinajstić information content (AvgIpc) is 2.32. The van der Waals surface area contributed by atoms with Crippen LogP contribution in [-0.2, 0) is 0 Å². The van der Waals surface area contributed by atoms with Crippen molar-refractivity contribution in [3.63, 3.8) is 0 Å². The summed E-state index contributed by atoms with van der Waals surface area (Å²) >= 11 is 3.70. The van der Waals surface area contributed by atoms with Crippen molar-refractivity contribution >= 4 is 21.6 Å². The van der Waals surface area contributed by atoms with E-state index in [1.807, 2.05) is 6.92 Å². The van der Waals surface area contributed by atoms with Crippen LogP contribution in [-0.4, -0.2) is 12.6 Å². The quantitative estimate of drug-likeness (QED) is 0.891. The fraction of sp³-hybridized carbons (Fsp3) is 0.600. The molecule has 100 valence electrons. The lowest BCUT2D eigenvalue weighted by atomic mass is 9.94. The molecule has 2 nitrogen and oxygen atoms in total. The maximum atomic E-state index is 5.93. The van der Waals surface area contributed by atoms with Gasteiger partial charge in [0.05, 0.1) is 5.69 Å². The van der Waals surface area contributed by atoms with Gasteiger partial charge in [0.25, 0.3) is 0 Å². The van der Waals surface area contributed by atoms with Crippen molar-refractivity contribution in [1.82, 2.24) is 0 Å². The number of halogens is 1. The van der Waals surface area contributed by atoms with E-state index in [1.165, 1.54) is 28.6 Å². The predicted molar refractivity (Wildman–Crippen MR) is 82.0 cm³/mol. The Morgan fingerprint density at radius 1 is 1.33 bits per heavy atom. The molecule has 0 aromatic heterocycles. The third kappa shape index (κ3) is 2.89. The van der Waals surface area contributed by atoms with Crippen LogP contribution in [0.25, 0.3) is 0 Å². The molecule has 3 atom stereocenters. The molecule has 1 aromatic carbocycles. The van der Waals surface area contributed by atoms with E-state index in [9.17, 15) is 0 Å². The lowest BCUT2D eigenvalue weighted by Gasteiger charge is -2.39. The number of anilines is 1. The number of benzene rings is 1. The molecule has 1 heterocycles. The number of hydrogen-bond acceptors (Lipinski definition) is 2. The minimum Gasteiger partial charge on any atom is -0.368 e. The van der Waals surface area contributed by atoms with Gasteiger partial charge < -0.3 is 10.6 Å². The number of nitrogens with zero attached hydrogens (tertiary/aromatic N) is 1. The number of hydrogen-bond donors (Lipinski definition) is 1. The van der Waals surface area contributed by atoms with E-state index < -0.39 is 0 Å². The molecule has 0 saturated carbocycles. The highest BCUT2D eigenvalue weighted by Gasteiger charge is 2.24. The third-order valence-corrected chi connectivity index (χ3v) is 4.56. The summed E-state index contributed by atoms with van der Waals surface area (Å²) in [6, 6.07) is 7.23. The molecule has 1 aromatic rings. The Morgan fingerprint density at radius 2 is 2.06 bits per heavy atom. The van der Waals surface area contributed by atoms with Crippen LogP contribution < -0.4 is 10.6 Å². The Balaban J connectivity index is 2.27. The first-order valence-electron chi connectivity index (χ1n) is 6.80. The molecule has 3 heteroatoms. The van der Waals surface area contributed by atoms with Gasteiger partial charge >= 0.3 is 0 Å². The summed E-state index contributed by atoms with van der Waals surface area (Å²) in [6.07, 6.45) is 2.62. The summed E-state index contributed by atoms with van der Waals surface area (Å²) in [5, 5.41) is 0. The van der Waals surface area contributed by atoms with E-state index in [0.717, 1.165) is 12.5 Å². The van der Waals surface area contributed by atoms with E-state index in [4.69, 9.17) is 5.73 Å². The summed E-state index contributed by atoms with van der Waals surface area (Å²) < 4.78 is 1.17. The Bertz CT molecular complexity index is 417. The molecule has 1 aliphatic heterocycles. The van der Waals surface area contributed by atoms with Gasteiger partial charge in [-0.15, -0.1) is 0 Å². The van der Waals surface area contributed by atoms with Crippen LogP contribution in [0.4, 0.5) is 5.69 Å². The highest BCUT2D eigenvalue weighted by Crippen LogP contribution is 2.34. The van der Waals surface area contributed by atoms with Gasteiger partial charge in [0.1, 0.15) is 0 Å². The predicted octanol–water partition coefficient (Wildman–Crippen LogP) is 4.09. The highest BCUT2D eigenvalue weighted by atomic mass is 79.9. The van der Waals surface area contributed by atoms with Crippen molar-refractivity contribution in [3.05, 3.63) is 28.2 Å². The summed E-state index contributed by atoms with van der Waals surface area (Å²) in [5.41, 5.74) is 8.41. The molecule has 18 heavy (non-hydrogen) atoms. The van der Waals surface area contributed by atoms with Crippen LogP contribution in [0.5, 0.6) is 0 Å². The Hall–Kier alpha value is -0.540. The van der Waals surface area contributed by atoms with Crippen molar-refractivity contribution in [2.45, 2.75) is 45.7 Å². The van der Waals surface area contributed by atoms with Gasteiger partial charge in [0.2, 0.25) is 0 Å². The van der Waals surface area contributed by atoms with E-state index in [-0.39, 0.29) is 6.04 Å². The number of nitrogens with two attached hydrogens (primary N) is 1. The fourth-order valence-electron chi connectivity index (χ4n) is 2.66. The van der Waals surface area contributed by atoms with Gasteiger partial charge in [0, 0.05) is 23.1 Å². The number of piperidine rings is 1. The van der Waals surface area contributed by atoms with Gasteiger partial charge in [0.15, 0.2) is 0 Å². The Kier molecular flexibility index (Phi) is 4.33. The first-order valence-corrected chi connectivity index (χ1v) is 7.60. The summed E-state index contributed by atoms with van der Waals surface area (Å²) in [6.45, 7) is 7.82. The van der Waals surface area contributed by atoms with E-state index in [2.05, 4.69) is 52.9 Å². The second kappa shape index (κ2) is 5.62. The molecule has 1 aliphatic rings. The monoisotopic (exact) mass is 310 g/mol. The smallest absolute Gasteiger partial charge is 0.0513 e. The molecule has 0 aliphatic carbocycles. The fourth-order valence-corrected chi connectivity index (χ4v) is 3.29. The van der Waals surface area contributed by atoms with Crippen LogP contribution in [0, 0.1) is 5.92 Å². The molecular weight excluding hydrogens is 288 g/mol. The van der Waals surface area contributed by atoms with Gasteiger partial charge in [-0.05, 0) is 66.2 Å². The minimum atomic E-state index is 0.0908. The molecule has 2 N–H and O–H groups in total. The molecule has 1 saturated heterocycles. The molecule has 2 rings (SSSR count). The van der Waals surface area contributed by atoms with E-state index >= 15 is 0 Å². The maximum absolute atomic E-state index is 5.93. The maximum Gasteiger partial charge on any atom is 0.0513 e. The standard InChI is InChI=1S/C15H23BrN2/c1-10-4-5-11(2)18(9-10)15-7-6-13(12(3)17)8-14(15)16/h6-8,10-12H,4-5,9,17H2,1-3H3. The van der Waals surface area contributed by atoms with Crippen molar-refractivity contribution in [1.29, 1.82) is 0 Å². The summed E-state index contributed by atoms with van der Waals surface area (Å²) in [7, 11) is 0. The zero-order chi connectivity index (χ0) is 13.3. The van der Waals surface area contributed by atoms with Crippen molar-refractivity contribution in [3.8, 4) is 0 Å². The normalized spacial score (nSPS) is 26.2. The van der Waals surface area contributed by atoms with Gasteiger partial charge in [-0.3, -0.25) is 0 Å². The Morgan fingerprint density at radius 3 is 2.67 bits per heavy atom. The van der Waals surface area contributed by atoms with Crippen LogP contribution in [0.15, 0.2) is 22.7 Å². The molecular formula is C15H23BrN2. The Labute approximate surface area is 119 Å². The van der Waals surface area contributed by atoms with Gasteiger partial charge in [-0.2, -0.15) is 0 Å². The van der Waals surface area contributed by atoms with Crippen LogP contribution >= 0.6 is 15.9 Å². The SMILES string of the molecule is CC1CCC(C)N(c2ccc(C(C)N)cc2Br)C1. The third-order valence-electron chi connectivity index (χ3n) is 3.92. The summed E-state index contributed by atoms with van der Waals surface area (Å²) in [5.74, 6) is 0.779. The molecule has 0 radical (unpaired) electrons. The van der Waals surface area contributed by atoms with Crippen LogP contribution in [0.1, 0.15) is 45.2 Å². The van der Waals surface area contributed by atoms with Crippen LogP contribution in [0.2, 0.25) is 0 Å². The lowest BCUT2D eigenvalue weighted by molar-refractivity contribution is 0.390. The van der Waals surface area contributed by atoms with E-state index in [1.54, 1.807) is 0 Å². The van der Waals surface area contributed by atoms with Crippen molar-refractivity contribution in [2.75, 3.05) is 11.4 Å². The zero-order valence-corrected chi connectivity index (χ0v) is 13.1. The molecule has 0 bridgehead atoms. The molecule has 1 fully saturated rings. The molecule has 0 amide bonds. The van der Waals surface area contributed by atoms with Crippen molar-refractivity contribution < 1.29 is 0 Å². The largest absolute Gasteiger partial charge is 0.368 e. The topological polar surface area (TPSA) is 29.3 Å².